The van der Waals surface area contributed by atoms with E-state index in [-0.39, 0.29) is 17.5 Å². The Kier molecular flexibility index (Phi) is 4.73. The summed E-state index contributed by atoms with van der Waals surface area (Å²) in [5.74, 6) is -1.58. The molecule has 0 spiro atoms. The molecule has 1 aromatic rings. The molecule has 0 fully saturated rings. The number of halogens is 1. The summed E-state index contributed by atoms with van der Waals surface area (Å²) in [4.78, 5) is 21.2. The first-order chi connectivity index (χ1) is 8.45. The van der Waals surface area contributed by atoms with Gasteiger partial charge in [0.25, 0.3) is 0 Å². The largest absolute Gasteiger partial charge is 0.330 e. The van der Waals surface area contributed by atoms with E-state index in [1.807, 2.05) is 0 Å². The fraction of sp³-hybridized carbons (Fsp3) is 0.364. The molecule has 0 radical (unpaired) electrons. The molecule has 1 unspecified atom stereocenters. The number of nitro groups is 1. The zero-order chi connectivity index (χ0) is 13.7. The molecule has 1 atom stereocenters. The number of nitrogens with zero attached hydrogens (tertiary/aromatic N) is 1. The maximum atomic E-state index is 13.3. The van der Waals surface area contributed by atoms with Crippen molar-refractivity contribution in [2.24, 2.45) is 11.7 Å². The van der Waals surface area contributed by atoms with Gasteiger partial charge in [0.05, 0.1) is 4.92 Å². The van der Waals surface area contributed by atoms with Crippen molar-refractivity contribution in [2.75, 3.05) is 11.9 Å². The van der Waals surface area contributed by atoms with Gasteiger partial charge in [-0.3, -0.25) is 14.9 Å². The molecule has 3 N–H and O–H groups in total. The van der Waals surface area contributed by atoms with Crippen molar-refractivity contribution in [3.63, 3.8) is 0 Å². The van der Waals surface area contributed by atoms with E-state index in [1.54, 1.807) is 6.92 Å². The van der Waals surface area contributed by atoms with Crippen LogP contribution in [-0.2, 0) is 4.79 Å². The summed E-state index contributed by atoms with van der Waals surface area (Å²) < 4.78 is 13.3. The van der Waals surface area contributed by atoms with Crippen LogP contribution in [0.3, 0.4) is 0 Å². The van der Waals surface area contributed by atoms with Gasteiger partial charge < -0.3 is 11.1 Å². The Morgan fingerprint density at radius 3 is 2.78 bits per heavy atom. The zero-order valence-corrected chi connectivity index (χ0v) is 9.85. The lowest BCUT2D eigenvalue weighted by atomic mass is 10.1. The van der Waals surface area contributed by atoms with Crippen LogP contribution in [0.15, 0.2) is 18.2 Å². The number of hydrogen-bond acceptors (Lipinski definition) is 4. The van der Waals surface area contributed by atoms with Crippen LogP contribution in [0.2, 0.25) is 0 Å². The lowest BCUT2D eigenvalue weighted by Crippen LogP contribution is -2.22. The van der Waals surface area contributed by atoms with Crippen molar-refractivity contribution in [3.05, 3.63) is 34.1 Å². The number of hydrogen-bond donors (Lipinski definition) is 2. The van der Waals surface area contributed by atoms with Crippen LogP contribution in [-0.4, -0.2) is 17.4 Å². The lowest BCUT2D eigenvalue weighted by molar-refractivity contribution is -0.387. The molecule has 7 heteroatoms. The standard InChI is InChI=1S/C11H14FN3O3/c1-7(4-5-13)11(16)14-8-2-3-10(15(17)18)9(12)6-8/h2-3,6-7H,4-5,13H2,1H3,(H,14,16). The maximum Gasteiger partial charge on any atom is 0.304 e. The highest BCUT2D eigenvalue weighted by atomic mass is 19.1. The van der Waals surface area contributed by atoms with Crippen molar-refractivity contribution in [2.45, 2.75) is 13.3 Å². The van der Waals surface area contributed by atoms with E-state index < -0.39 is 16.4 Å². The number of nitrogens with two attached hydrogens (primary N) is 1. The first-order valence-corrected chi connectivity index (χ1v) is 5.40. The fourth-order valence-corrected chi connectivity index (χ4v) is 1.38. The molecule has 0 aromatic heterocycles. The summed E-state index contributed by atoms with van der Waals surface area (Å²) in [7, 11) is 0. The Morgan fingerprint density at radius 2 is 2.28 bits per heavy atom. The smallest absolute Gasteiger partial charge is 0.304 e. The summed E-state index contributed by atoms with van der Waals surface area (Å²) >= 11 is 0. The third-order valence-electron chi connectivity index (χ3n) is 2.46. The van der Waals surface area contributed by atoms with Gasteiger partial charge in [-0.25, -0.2) is 0 Å². The molecular formula is C11H14FN3O3. The number of nitro benzene ring substituents is 1. The summed E-state index contributed by atoms with van der Waals surface area (Å²) in [6.45, 7) is 2.08. The molecule has 0 aliphatic rings. The Bertz CT molecular complexity index is 465. The van der Waals surface area contributed by atoms with Gasteiger partial charge in [0, 0.05) is 23.7 Å². The minimum atomic E-state index is -0.982. The number of nitrogens with one attached hydrogen (secondary N) is 1. The average Bonchev–Trinajstić information content (AvgIpc) is 2.28. The minimum absolute atomic E-state index is 0.187. The maximum absolute atomic E-state index is 13.3. The van der Waals surface area contributed by atoms with Crippen LogP contribution < -0.4 is 11.1 Å². The van der Waals surface area contributed by atoms with Crippen molar-refractivity contribution >= 4 is 17.3 Å². The van der Waals surface area contributed by atoms with Crippen LogP contribution in [0.25, 0.3) is 0 Å². The van der Waals surface area contributed by atoms with Gasteiger partial charge in [0.2, 0.25) is 11.7 Å². The van der Waals surface area contributed by atoms with Gasteiger partial charge in [-0.2, -0.15) is 4.39 Å². The molecule has 98 valence electrons. The Labute approximate surface area is 103 Å². The SMILES string of the molecule is CC(CCN)C(=O)Nc1ccc([N+](=O)[O-])c(F)c1. The van der Waals surface area contributed by atoms with E-state index in [9.17, 15) is 19.3 Å². The Balaban J connectivity index is 2.77. The molecule has 0 aliphatic heterocycles. The molecule has 0 saturated carbocycles. The van der Waals surface area contributed by atoms with Gasteiger partial charge in [0.1, 0.15) is 0 Å². The number of benzene rings is 1. The molecule has 6 nitrogen and oxygen atoms in total. The molecule has 0 aliphatic carbocycles. The molecule has 0 bridgehead atoms. The van der Waals surface area contributed by atoms with Gasteiger partial charge >= 0.3 is 5.69 Å². The molecular weight excluding hydrogens is 241 g/mol. The lowest BCUT2D eigenvalue weighted by Gasteiger charge is -2.10. The summed E-state index contributed by atoms with van der Waals surface area (Å²) in [6, 6.07) is 3.22. The van der Waals surface area contributed by atoms with Crippen LogP contribution in [0.5, 0.6) is 0 Å². The molecule has 1 aromatic carbocycles. The highest BCUT2D eigenvalue weighted by Crippen LogP contribution is 2.21. The molecule has 0 heterocycles. The average molecular weight is 255 g/mol. The van der Waals surface area contributed by atoms with E-state index >= 15 is 0 Å². The van der Waals surface area contributed by atoms with Crippen molar-refractivity contribution < 1.29 is 14.1 Å². The first-order valence-electron chi connectivity index (χ1n) is 5.40. The number of carbonyl (C=O) groups excluding carboxylic acids is 1. The van der Waals surface area contributed by atoms with Gasteiger partial charge in [-0.1, -0.05) is 6.92 Å². The topological polar surface area (TPSA) is 98.3 Å². The quantitative estimate of drug-likeness (QED) is 0.617. The number of amides is 1. The number of rotatable bonds is 5. The highest BCUT2D eigenvalue weighted by Gasteiger charge is 2.16. The van der Waals surface area contributed by atoms with E-state index in [0.717, 1.165) is 12.1 Å². The normalized spacial score (nSPS) is 11.9. The van der Waals surface area contributed by atoms with Crippen LogP contribution in [0.1, 0.15) is 13.3 Å². The molecule has 1 amide bonds. The van der Waals surface area contributed by atoms with Crippen LogP contribution in [0.4, 0.5) is 15.8 Å². The summed E-state index contributed by atoms with van der Waals surface area (Å²) in [5.41, 5.74) is 4.89. The Morgan fingerprint density at radius 1 is 1.61 bits per heavy atom. The highest BCUT2D eigenvalue weighted by molar-refractivity contribution is 5.92. The van der Waals surface area contributed by atoms with E-state index in [4.69, 9.17) is 5.73 Å². The summed E-state index contributed by atoms with van der Waals surface area (Å²) in [6.07, 6.45) is 0.515. The first kappa shape index (κ1) is 14.0. The van der Waals surface area contributed by atoms with Crippen LogP contribution >= 0.6 is 0 Å². The van der Waals surface area contributed by atoms with Crippen molar-refractivity contribution in [3.8, 4) is 0 Å². The number of carbonyl (C=O) groups is 1. The van der Waals surface area contributed by atoms with Crippen molar-refractivity contribution in [1.82, 2.24) is 0 Å². The fourth-order valence-electron chi connectivity index (χ4n) is 1.38. The Hall–Kier alpha value is -2.02. The molecule has 0 saturated heterocycles. The second-order valence-corrected chi connectivity index (χ2v) is 3.89. The van der Waals surface area contributed by atoms with Gasteiger partial charge in [-0.05, 0) is 19.0 Å². The van der Waals surface area contributed by atoms with Gasteiger partial charge in [-0.15, -0.1) is 0 Å². The molecule has 1 rings (SSSR count). The summed E-state index contributed by atoms with van der Waals surface area (Å²) in [5, 5.41) is 12.9. The zero-order valence-electron chi connectivity index (χ0n) is 9.85. The number of anilines is 1. The van der Waals surface area contributed by atoms with E-state index in [1.165, 1.54) is 6.07 Å². The molecule has 18 heavy (non-hydrogen) atoms. The minimum Gasteiger partial charge on any atom is -0.330 e. The predicted molar refractivity (Wildman–Crippen MR) is 64.5 cm³/mol. The second-order valence-electron chi connectivity index (χ2n) is 3.89. The predicted octanol–water partition coefficient (Wildman–Crippen LogP) is 1.66. The van der Waals surface area contributed by atoms with Gasteiger partial charge in [0.15, 0.2) is 0 Å². The third-order valence-corrected chi connectivity index (χ3v) is 2.46. The van der Waals surface area contributed by atoms with E-state index in [0.29, 0.717) is 13.0 Å². The van der Waals surface area contributed by atoms with Crippen LogP contribution in [0, 0.1) is 21.8 Å². The third kappa shape index (κ3) is 3.49. The monoisotopic (exact) mass is 255 g/mol. The second kappa shape index (κ2) is 6.06. The van der Waals surface area contributed by atoms with Crippen molar-refractivity contribution in [1.29, 1.82) is 0 Å². The van der Waals surface area contributed by atoms with E-state index in [2.05, 4.69) is 5.32 Å².